The van der Waals surface area contributed by atoms with Crippen LogP contribution >= 0.6 is 11.6 Å². The van der Waals surface area contributed by atoms with Crippen LogP contribution in [0.25, 0.3) is 0 Å². The van der Waals surface area contributed by atoms with Gasteiger partial charge in [-0.25, -0.2) is 0 Å². The van der Waals surface area contributed by atoms with Crippen LogP contribution in [0.4, 0.5) is 5.69 Å². The average Bonchev–Trinajstić information content (AvgIpc) is 2.82. The summed E-state index contributed by atoms with van der Waals surface area (Å²) in [5, 5.41) is 14.8. The van der Waals surface area contributed by atoms with Gasteiger partial charge in [0, 0.05) is 26.2 Å². The van der Waals surface area contributed by atoms with Gasteiger partial charge in [0.2, 0.25) is 0 Å². The van der Waals surface area contributed by atoms with Crippen molar-refractivity contribution in [1.82, 2.24) is 5.32 Å². The van der Waals surface area contributed by atoms with E-state index in [1.165, 1.54) is 5.56 Å². The van der Waals surface area contributed by atoms with Crippen molar-refractivity contribution >= 4 is 17.3 Å². The highest BCUT2D eigenvalue weighted by molar-refractivity contribution is 6.33. The molecule has 0 atom stereocenters. The number of rotatable bonds is 6. The van der Waals surface area contributed by atoms with Crippen LogP contribution in [-0.2, 0) is 6.54 Å². The lowest BCUT2D eigenvalue weighted by Gasteiger charge is -2.32. The van der Waals surface area contributed by atoms with Crippen LogP contribution in [0.3, 0.4) is 0 Å². The first-order chi connectivity index (χ1) is 9.91. The second-order valence-corrected chi connectivity index (χ2v) is 6.98. The van der Waals surface area contributed by atoms with Crippen molar-refractivity contribution < 1.29 is 5.11 Å². The van der Waals surface area contributed by atoms with Gasteiger partial charge in [0.05, 0.1) is 16.3 Å². The SMILES string of the molecule is CC(C)NCc1cccc(Cl)c1N(C)CC1(O)CCCC1. The van der Waals surface area contributed by atoms with Gasteiger partial charge in [0.15, 0.2) is 0 Å². The maximum atomic E-state index is 10.6. The summed E-state index contributed by atoms with van der Waals surface area (Å²) in [5.41, 5.74) is 1.66. The number of hydrogen-bond acceptors (Lipinski definition) is 3. The zero-order chi connectivity index (χ0) is 15.5. The number of halogens is 1. The predicted molar refractivity (Wildman–Crippen MR) is 90.1 cm³/mol. The molecule has 2 N–H and O–H groups in total. The van der Waals surface area contributed by atoms with E-state index in [1.807, 2.05) is 19.2 Å². The Morgan fingerprint density at radius 3 is 2.62 bits per heavy atom. The third-order valence-electron chi connectivity index (χ3n) is 4.22. The van der Waals surface area contributed by atoms with Gasteiger partial charge in [0.25, 0.3) is 0 Å². The molecule has 0 saturated heterocycles. The lowest BCUT2D eigenvalue weighted by Crippen LogP contribution is -2.40. The van der Waals surface area contributed by atoms with E-state index in [2.05, 4.69) is 30.1 Å². The zero-order valence-corrected chi connectivity index (χ0v) is 14.1. The first-order valence-electron chi connectivity index (χ1n) is 7.85. The minimum Gasteiger partial charge on any atom is -0.388 e. The fraction of sp³-hybridized carbons (Fsp3) is 0.647. The smallest absolute Gasteiger partial charge is 0.0821 e. The molecule has 1 aromatic carbocycles. The molecule has 0 aliphatic heterocycles. The molecule has 3 nitrogen and oxygen atoms in total. The monoisotopic (exact) mass is 310 g/mol. The van der Waals surface area contributed by atoms with E-state index in [0.717, 1.165) is 42.9 Å². The van der Waals surface area contributed by atoms with E-state index in [1.54, 1.807) is 0 Å². The molecule has 0 aromatic heterocycles. The van der Waals surface area contributed by atoms with Crippen molar-refractivity contribution in [2.45, 2.75) is 57.7 Å². The van der Waals surface area contributed by atoms with Crippen molar-refractivity contribution in [3.8, 4) is 0 Å². The van der Waals surface area contributed by atoms with Gasteiger partial charge >= 0.3 is 0 Å². The molecule has 0 bridgehead atoms. The highest BCUT2D eigenvalue weighted by atomic mass is 35.5. The third kappa shape index (κ3) is 4.35. The van der Waals surface area contributed by atoms with Crippen LogP contribution in [-0.4, -0.2) is 30.3 Å². The molecule has 1 saturated carbocycles. The van der Waals surface area contributed by atoms with Crippen LogP contribution in [0.2, 0.25) is 5.02 Å². The van der Waals surface area contributed by atoms with Gasteiger partial charge in [0.1, 0.15) is 0 Å². The van der Waals surface area contributed by atoms with E-state index in [-0.39, 0.29) is 0 Å². The minimum atomic E-state index is -0.559. The Morgan fingerprint density at radius 2 is 2.00 bits per heavy atom. The Morgan fingerprint density at radius 1 is 1.33 bits per heavy atom. The fourth-order valence-electron chi connectivity index (χ4n) is 3.16. The van der Waals surface area contributed by atoms with E-state index in [4.69, 9.17) is 11.6 Å². The van der Waals surface area contributed by atoms with Gasteiger partial charge in [-0.1, -0.05) is 50.4 Å². The third-order valence-corrected chi connectivity index (χ3v) is 4.52. The normalized spacial score (nSPS) is 17.4. The highest BCUT2D eigenvalue weighted by Gasteiger charge is 2.33. The Kier molecular flexibility index (Phi) is 5.53. The molecule has 118 valence electrons. The number of para-hydroxylation sites is 1. The molecule has 1 aliphatic carbocycles. The molecule has 0 radical (unpaired) electrons. The number of nitrogens with one attached hydrogen (secondary N) is 1. The molecule has 1 aliphatic rings. The van der Waals surface area contributed by atoms with Crippen LogP contribution in [0.1, 0.15) is 45.1 Å². The summed E-state index contributed by atoms with van der Waals surface area (Å²) in [6.07, 6.45) is 4.02. The molecular formula is C17H27ClN2O. The summed E-state index contributed by atoms with van der Waals surface area (Å²) in [6.45, 7) is 5.70. The first-order valence-corrected chi connectivity index (χ1v) is 8.23. The molecule has 0 heterocycles. The Bertz CT molecular complexity index is 470. The Labute approximate surface area is 133 Å². The molecule has 0 amide bonds. The summed E-state index contributed by atoms with van der Waals surface area (Å²) in [5.74, 6) is 0. The molecule has 1 fully saturated rings. The molecule has 21 heavy (non-hydrogen) atoms. The summed E-state index contributed by atoms with van der Waals surface area (Å²) in [7, 11) is 2.02. The van der Waals surface area contributed by atoms with E-state index in [9.17, 15) is 5.11 Å². The second-order valence-electron chi connectivity index (χ2n) is 6.57. The Balaban J connectivity index is 2.16. The van der Waals surface area contributed by atoms with E-state index >= 15 is 0 Å². The number of benzene rings is 1. The summed E-state index contributed by atoms with van der Waals surface area (Å²) >= 11 is 6.42. The fourth-order valence-corrected chi connectivity index (χ4v) is 3.49. The highest BCUT2D eigenvalue weighted by Crippen LogP contribution is 2.34. The minimum absolute atomic E-state index is 0.432. The molecular weight excluding hydrogens is 284 g/mol. The van der Waals surface area contributed by atoms with Crippen LogP contribution in [0, 0.1) is 0 Å². The van der Waals surface area contributed by atoms with Crippen LogP contribution < -0.4 is 10.2 Å². The standard InChI is InChI=1S/C17H27ClN2O/c1-13(2)19-11-14-7-6-8-15(18)16(14)20(3)12-17(21)9-4-5-10-17/h6-8,13,19,21H,4-5,9-12H2,1-3H3. The van der Waals surface area contributed by atoms with Gasteiger partial charge in [-0.05, 0) is 24.5 Å². The maximum absolute atomic E-state index is 10.6. The van der Waals surface area contributed by atoms with Crippen molar-refractivity contribution in [3.05, 3.63) is 28.8 Å². The zero-order valence-electron chi connectivity index (χ0n) is 13.3. The molecule has 0 spiro atoms. The van der Waals surface area contributed by atoms with Crippen molar-refractivity contribution in [1.29, 1.82) is 0 Å². The van der Waals surface area contributed by atoms with E-state index < -0.39 is 5.60 Å². The van der Waals surface area contributed by atoms with Crippen molar-refractivity contribution in [2.24, 2.45) is 0 Å². The molecule has 1 aromatic rings. The number of hydrogen-bond donors (Lipinski definition) is 2. The van der Waals surface area contributed by atoms with Gasteiger partial charge < -0.3 is 15.3 Å². The van der Waals surface area contributed by atoms with E-state index in [0.29, 0.717) is 12.6 Å². The number of nitrogens with zero attached hydrogens (tertiary/aromatic N) is 1. The second kappa shape index (κ2) is 6.99. The molecule has 2 rings (SSSR count). The maximum Gasteiger partial charge on any atom is 0.0821 e. The van der Waals surface area contributed by atoms with Crippen molar-refractivity contribution in [2.75, 3.05) is 18.5 Å². The first kappa shape index (κ1) is 16.6. The average molecular weight is 311 g/mol. The Hall–Kier alpha value is -0.770. The van der Waals surface area contributed by atoms with Gasteiger partial charge in [-0.15, -0.1) is 0 Å². The number of aliphatic hydroxyl groups is 1. The summed E-state index contributed by atoms with van der Waals surface area (Å²) in [4.78, 5) is 2.12. The van der Waals surface area contributed by atoms with Gasteiger partial charge in [-0.2, -0.15) is 0 Å². The lowest BCUT2D eigenvalue weighted by molar-refractivity contribution is 0.0559. The van der Waals surface area contributed by atoms with Crippen LogP contribution in [0.15, 0.2) is 18.2 Å². The molecule has 4 heteroatoms. The topological polar surface area (TPSA) is 35.5 Å². The predicted octanol–water partition coefficient (Wildman–Crippen LogP) is 3.58. The van der Waals surface area contributed by atoms with Crippen LogP contribution in [0.5, 0.6) is 0 Å². The summed E-state index contributed by atoms with van der Waals surface area (Å²) < 4.78 is 0. The summed E-state index contributed by atoms with van der Waals surface area (Å²) in [6, 6.07) is 6.44. The van der Waals surface area contributed by atoms with Gasteiger partial charge in [-0.3, -0.25) is 0 Å². The largest absolute Gasteiger partial charge is 0.388 e. The number of likely N-dealkylation sites (N-methyl/N-ethyl adjacent to an activating group) is 1. The lowest BCUT2D eigenvalue weighted by atomic mass is 10.0. The number of anilines is 1. The quantitative estimate of drug-likeness (QED) is 0.843. The molecule has 0 unspecified atom stereocenters. The van der Waals surface area contributed by atoms with Crippen molar-refractivity contribution in [3.63, 3.8) is 0 Å².